The van der Waals surface area contributed by atoms with Gasteiger partial charge in [-0.15, -0.1) is 5.73 Å². The lowest BCUT2D eigenvalue weighted by molar-refractivity contribution is 0.598. The zero-order valence-electron chi connectivity index (χ0n) is 9.54. The first-order chi connectivity index (χ1) is 8.29. The van der Waals surface area contributed by atoms with Crippen LogP contribution in [0.2, 0.25) is 0 Å². The van der Waals surface area contributed by atoms with Crippen LogP contribution in [-0.4, -0.2) is 0 Å². The minimum absolute atomic E-state index is 0.883. The largest absolute Gasteiger partial charge is 0.277 e. The minimum Gasteiger partial charge on any atom is -0.277 e. The summed E-state index contributed by atoms with van der Waals surface area (Å²) in [5, 5.41) is 1.77. The van der Waals surface area contributed by atoms with Crippen molar-refractivity contribution in [2.24, 2.45) is 0 Å². The lowest BCUT2D eigenvalue weighted by Crippen LogP contribution is -2.04. The van der Waals surface area contributed by atoms with Gasteiger partial charge >= 0.3 is 0 Å². The van der Waals surface area contributed by atoms with Gasteiger partial charge in [0.25, 0.3) is 0 Å². The second kappa shape index (κ2) is 7.35. The smallest absolute Gasteiger partial charge is 0.136 e. The first-order valence-corrected chi connectivity index (χ1v) is 6.42. The van der Waals surface area contributed by atoms with Crippen LogP contribution in [0.25, 0.3) is 0 Å². The molecule has 2 aromatic carbocycles. The third-order valence-electron chi connectivity index (χ3n) is 1.98. The van der Waals surface area contributed by atoms with Gasteiger partial charge in [0, 0.05) is 10.6 Å². The van der Waals surface area contributed by atoms with Crippen LogP contribution < -0.4 is 10.6 Å². The fourth-order valence-corrected chi connectivity index (χ4v) is 2.46. The van der Waals surface area contributed by atoms with E-state index in [1.54, 1.807) is 0 Å². The predicted molar refractivity (Wildman–Crippen MR) is 74.5 cm³/mol. The van der Waals surface area contributed by atoms with Crippen molar-refractivity contribution in [2.75, 3.05) is 0 Å². The topological polar surface area (TPSA) is 17.1 Å². The molecule has 0 bridgehead atoms. The van der Waals surface area contributed by atoms with Crippen molar-refractivity contribution in [1.82, 2.24) is 0 Å². The van der Waals surface area contributed by atoms with E-state index < -0.39 is 7.80 Å². The summed E-state index contributed by atoms with van der Waals surface area (Å²) in [6, 6.07) is 19.1. The molecule has 0 unspecified atom stereocenters. The Kier molecular flexibility index (Phi) is 5.68. The van der Waals surface area contributed by atoms with Crippen molar-refractivity contribution in [3.63, 3.8) is 0 Å². The molecule has 0 atom stereocenters. The SMILES string of the molecule is C=C=C.O=[P](c1ccccc1)c1ccccc1. The molecule has 0 saturated heterocycles. The van der Waals surface area contributed by atoms with Gasteiger partial charge in [-0.1, -0.05) is 49.6 Å². The normalized spacial score (nSPS) is 8.47. The highest BCUT2D eigenvalue weighted by atomic mass is 31.1. The average molecular weight is 241 g/mol. The molecular weight excluding hydrogens is 227 g/mol. The third-order valence-corrected chi connectivity index (χ3v) is 3.52. The summed E-state index contributed by atoms with van der Waals surface area (Å²) >= 11 is 0. The minimum atomic E-state index is -1.42. The molecule has 85 valence electrons. The molecule has 0 aromatic heterocycles. The summed E-state index contributed by atoms with van der Waals surface area (Å²) < 4.78 is 12.0. The molecule has 0 aliphatic rings. The van der Waals surface area contributed by atoms with E-state index in [0.29, 0.717) is 0 Å². The standard InChI is InChI=1S/C12H10OP.C3H4/c13-14(11-7-3-1-4-8-11)12-9-5-2-6-10-12;1-3-2/h1-10H;1-2H2. The van der Waals surface area contributed by atoms with Gasteiger partial charge in [-0.2, -0.15) is 0 Å². The number of hydrogen-bond acceptors (Lipinski definition) is 1. The van der Waals surface area contributed by atoms with Crippen molar-refractivity contribution >= 4 is 18.4 Å². The predicted octanol–water partition coefficient (Wildman–Crippen LogP) is 3.42. The molecule has 0 heterocycles. The van der Waals surface area contributed by atoms with Gasteiger partial charge < -0.3 is 0 Å². The maximum absolute atomic E-state index is 12.0. The Morgan fingerprint density at radius 1 is 0.765 bits per heavy atom. The second-order valence-corrected chi connectivity index (χ2v) is 4.84. The van der Waals surface area contributed by atoms with Crippen LogP contribution in [0.15, 0.2) is 79.6 Å². The summed E-state index contributed by atoms with van der Waals surface area (Å²) in [6.07, 6.45) is 0. The lowest BCUT2D eigenvalue weighted by Gasteiger charge is -1.99. The van der Waals surface area contributed by atoms with Crippen LogP contribution in [0, 0.1) is 0 Å². The molecule has 0 amide bonds. The molecule has 2 rings (SSSR count). The Hall–Kier alpha value is -1.94. The molecular formula is C15H14OP. The molecule has 0 N–H and O–H groups in total. The molecule has 17 heavy (non-hydrogen) atoms. The third kappa shape index (κ3) is 4.20. The Labute approximate surface area is 103 Å². The van der Waals surface area contributed by atoms with Gasteiger partial charge in [-0.05, 0) is 24.3 Å². The Balaban J connectivity index is 0.000000437. The van der Waals surface area contributed by atoms with Crippen LogP contribution >= 0.6 is 7.80 Å². The highest BCUT2D eigenvalue weighted by Gasteiger charge is 2.05. The summed E-state index contributed by atoms with van der Waals surface area (Å²) in [4.78, 5) is 0. The van der Waals surface area contributed by atoms with E-state index in [1.807, 2.05) is 60.7 Å². The summed E-state index contributed by atoms with van der Waals surface area (Å²) in [7, 11) is -1.42. The molecule has 1 nitrogen and oxygen atoms in total. The van der Waals surface area contributed by atoms with Crippen molar-refractivity contribution in [3.05, 3.63) is 79.6 Å². The first kappa shape index (κ1) is 13.1. The molecule has 1 radical (unpaired) electrons. The van der Waals surface area contributed by atoms with Crippen LogP contribution in [0.1, 0.15) is 0 Å². The van der Waals surface area contributed by atoms with Crippen molar-refractivity contribution in [3.8, 4) is 0 Å². The Bertz CT molecular complexity index is 455. The lowest BCUT2D eigenvalue weighted by atomic mass is 10.4. The molecule has 0 aliphatic carbocycles. The quantitative estimate of drug-likeness (QED) is 0.581. The summed E-state index contributed by atoms with van der Waals surface area (Å²) in [6.45, 7) is 6.25. The molecule has 0 fully saturated rings. The number of benzene rings is 2. The van der Waals surface area contributed by atoms with Crippen LogP contribution in [0.4, 0.5) is 0 Å². The highest BCUT2D eigenvalue weighted by Crippen LogP contribution is 2.18. The van der Waals surface area contributed by atoms with E-state index in [0.717, 1.165) is 10.6 Å². The Morgan fingerprint density at radius 2 is 1.06 bits per heavy atom. The van der Waals surface area contributed by atoms with Gasteiger partial charge in [0.2, 0.25) is 0 Å². The van der Waals surface area contributed by atoms with Crippen LogP contribution in [-0.2, 0) is 4.57 Å². The summed E-state index contributed by atoms with van der Waals surface area (Å²) in [5.41, 5.74) is 2.25. The monoisotopic (exact) mass is 241 g/mol. The van der Waals surface area contributed by atoms with E-state index in [9.17, 15) is 4.57 Å². The van der Waals surface area contributed by atoms with Crippen molar-refractivity contribution < 1.29 is 4.57 Å². The van der Waals surface area contributed by atoms with E-state index >= 15 is 0 Å². The maximum Gasteiger partial charge on any atom is 0.136 e. The molecule has 0 aliphatic heterocycles. The second-order valence-electron chi connectivity index (χ2n) is 3.22. The van der Waals surface area contributed by atoms with Crippen LogP contribution in [0.3, 0.4) is 0 Å². The van der Waals surface area contributed by atoms with Gasteiger partial charge in [0.05, 0.1) is 0 Å². The Morgan fingerprint density at radius 3 is 1.35 bits per heavy atom. The van der Waals surface area contributed by atoms with Gasteiger partial charge in [0.15, 0.2) is 0 Å². The van der Waals surface area contributed by atoms with E-state index in [-0.39, 0.29) is 0 Å². The van der Waals surface area contributed by atoms with Gasteiger partial charge in [-0.3, -0.25) is 4.57 Å². The van der Waals surface area contributed by atoms with Crippen molar-refractivity contribution in [2.45, 2.75) is 0 Å². The van der Waals surface area contributed by atoms with E-state index in [1.165, 1.54) is 0 Å². The molecule has 0 spiro atoms. The maximum atomic E-state index is 12.0. The van der Waals surface area contributed by atoms with E-state index in [2.05, 4.69) is 18.9 Å². The van der Waals surface area contributed by atoms with Gasteiger partial charge in [-0.25, -0.2) is 0 Å². The van der Waals surface area contributed by atoms with Crippen molar-refractivity contribution in [1.29, 1.82) is 0 Å². The van der Waals surface area contributed by atoms with Gasteiger partial charge in [0.1, 0.15) is 7.80 Å². The zero-order chi connectivity index (χ0) is 12.5. The summed E-state index contributed by atoms with van der Waals surface area (Å²) in [5.74, 6) is 0. The van der Waals surface area contributed by atoms with E-state index in [4.69, 9.17) is 0 Å². The average Bonchev–Trinajstić information content (AvgIpc) is 2.41. The first-order valence-electron chi connectivity index (χ1n) is 5.16. The number of hydrogen-bond donors (Lipinski definition) is 0. The van der Waals surface area contributed by atoms with Crippen LogP contribution in [0.5, 0.6) is 0 Å². The molecule has 2 aromatic rings. The fourth-order valence-electron chi connectivity index (χ4n) is 1.28. The molecule has 2 heteroatoms. The fraction of sp³-hybridized carbons (Fsp3) is 0. The number of rotatable bonds is 2. The highest BCUT2D eigenvalue weighted by molar-refractivity contribution is 7.61. The molecule has 0 saturated carbocycles. The zero-order valence-corrected chi connectivity index (χ0v) is 10.4.